The van der Waals surface area contributed by atoms with Crippen molar-refractivity contribution >= 4 is 34.8 Å². The van der Waals surface area contributed by atoms with Crippen LogP contribution in [0.25, 0.3) is 0 Å². The summed E-state index contributed by atoms with van der Waals surface area (Å²) in [6, 6.07) is 27.3. The summed E-state index contributed by atoms with van der Waals surface area (Å²) in [5.74, 6) is 1.07. The van der Waals surface area contributed by atoms with Crippen LogP contribution >= 0.6 is 0 Å². The van der Waals surface area contributed by atoms with Gasteiger partial charge in [-0.3, -0.25) is 4.90 Å². The number of hydrogen-bond acceptors (Lipinski definition) is 6. The van der Waals surface area contributed by atoms with Crippen LogP contribution in [0.5, 0.6) is 0 Å². The third-order valence-electron chi connectivity index (χ3n) is 5.38. The molecule has 0 aliphatic carbocycles. The van der Waals surface area contributed by atoms with Gasteiger partial charge in [0.25, 0.3) is 0 Å². The first-order valence-electron chi connectivity index (χ1n) is 10.8. The summed E-state index contributed by atoms with van der Waals surface area (Å²) in [6.07, 6.45) is 0.433. The van der Waals surface area contributed by atoms with Crippen LogP contribution < -0.4 is 20.9 Å². The summed E-state index contributed by atoms with van der Waals surface area (Å²) >= 11 is 0. The molecule has 8 heteroatoms. The lowest BCUT2D eigenvalue weighted by molar-refractivity contribution is 0.203. The molecule has 0 atom stereocenters. The Hall–Kier alpha value is -4.59. The average molecular weight is 455 g/mol. The van der Waals surface area contributed by atoms with Crippen molar-refractivity contribution in [2.24, 2.45) is 0 Å². The number of aromatic nitrogens is 2. The molecule has 3 aromatic carbocycles. The van der Waals surface area contributed by atoms with Crippen LogP contribution in [0.1, 0.15) is 11.1 Å². The molecule has 172 valence electrons. The van der Waals surface area contributed by atoms with Gasteiger partial charge in [-0.25, -0.2) is 14.8 Å². The average Bonchev–Trinajstić information content (AvgIpc) is 2.86. The molecule has 0 bridgehead atoms. The zero-order valence-corrected chi connectivity index (χ0v) is 18.8. The van der Waals surface area contributed by atoms with E-state index in [1.165, 1.54) is 13.4 Å². The van der Waals surface area contributed by atoms with Gasteiger partial charge in [0.15, 0.2) is 11.6 Å². The van der Waals surface area contributed by atoms with Gasteiger partial charge >= 0.3 is 6.09 Å². The number of carboxylic acid groups (broad SMARTS) is 1. The number of nitrogens with one attached hydrogen (secondary N) is 1. The van der Waals surface area contributed by atoms with Crippen molar-refractivity contribution in [2.75, 3.05) is 27.9 Å². The highest BCUT2D eigenvalue weighted by atomic mass is 16.4. The Labute approximate surface area is 198 Å². The van der Waals surface area contributed by atoms with Gasteiger partial charge in [0.05, 0.1) is 0 Å². The van der Waals surface area contributed by atoms with Crippen molar-refractivity contribution in [2.45, 2.75) is 13.1 Å². The quantitative estimate of drug-likeness (QED) is 0.339. The Morgan fingerprint density at radius 1 is 0.912 bits per heavy atom. The number of nitrogens with two attached hydrogens (primary N) is 1. The Balaban J connectivity index is 1.64. The Morgan fingerprint density at radius 3 is 2.12 bits per heavy atom. The van der Waals surface area contributed by atoms with Gasteiger partial charge in [-0.05, 0) is 29.3 Å². The third-order valence-corrected chi connectivity index (χ3v) is 5.38. The number of nitrogen functional groups attached to an aromatic ring is 1. The first kappa shape index (κ1) is 22.6. The molecule has 34 heavy (non-hydrogen) atoms. The van der Waals surface area contributed by atoms with Gasteiger partial charge in [-0.15, -0.1) is 0 Å². The van der Waals surface area contributed by atoms with Crippen LogP contribution in [0.2, 0.25) is 0 Å². The first-order chi connectivity index (χ1) is 16.5. The van der Waals surface area contributed by atoms with E-state index in [9.17, 15) is 9.90 Å². The third kappa shape index (κ3) is 5.42. The molecule has 0 unspecified atom stereocenters. The maximum atomic E-state index is 11.3. The molecule has 1 heterocycles. The van der Waals surface area contributed by atoms with Gasteiger partial charge in [-0.1, -0.05) is 66.7 Å². The number of benzene rings is 3. The molecule has 1 aromatic heterocycles. The van der Waals surface area contributed by atoms with E-state index in [-0.39, 0.29) is 0 Å². The van der Waals surface area contributed by atoms with Crippen molar-refractivity contribution in [3.63, 3.8) is 0 Å². The zero-order valence-electron chi connectivity index (χ0n) is 18.8. The van der Waals surface area contributed by atoms with Gasteiger partial charge in [0, 0.05) is 31.5 Å². The standard InChI is InChI=1S/C26H26N6O2/c1-31(26(33)34)22-14-8-13-21(15-22)30-24-23(27)25(29-18-28-24)32(16-19-9-4-2-5-10-19)17-20-11-6-3-7-12-20/h2-15,18H,16-17,27H2,1H3,(H,33,34)(H,28,29,30). The molecular formula is C26H26N6O2. The first-order valence-corrected chi connectivity index (χ1v) is 10.8. The minimum Gasteiger partial charge on any atom is -0.465 e. The highest BCUT2D eigenvalue weighted by molar-refractivity contribution is 5.87. The molecule has 0 aliphatic heterocycles. The molecule has 0 spiro atoms. The minimum atomic E-state index is -1.04. The van der Waals surface area contributed by atoms with Crippen LogP contribution in [0.4, 0.5) is 33.5 Å². The van der Waals surface area contributed by atoms with Crippen molar-refractivity contribution < 1.29 is 9.90 Å². The largest absolute Gasteiger partial charge is 0.465 e. The van der Waals surface area contributed by atoms with E-state index >= 15 is 0 Å². The maximum Gasteiger partial charge on any atom is 0.411 e. The fourth-order valence-corrected chi connectivity index (χ4v) is 3.59. The lowest BCUT2D eigenvalue weighted by Crippen LogP contribution is -2.25. The predicted molar refractivity (Wildman–Crippen MR) is 135 cm³/mol. The predicted octanol–water partition coefficient (Wildman–Crippen LogP) is 5.12. The molecule has 1 amide bonds. The van der Waals surface area contributed by atoms with Crippen molar-refractivity contribution in [1.82, 2.24) is 9.97 Å². The van der Waals surface area contributed by atoms with E-state index in [4.69, 9.17) is 5.73 Å². The van der Waals surface area contributed by atoms with E-state index in [0.717, 1.165) is 16.0 Å². The summed E-state index contributed by atoms with van der Waals surface area (Å²) in [4.78, 5) is 23.4. The topological polar surface area (TPSA) is 108 Å². The normalized spacial score (nSPS) is 10.5. The lowest BCUT2D eigenvalue weighted by atomic mass is 10.1. The van der Waals surface area contributed by atoms with Crippen LogP contribution in [0.3, 0.4) is 0 Å². The van der Waals surface area contributed by atoms with E-state index in [1.54, 1.807) is 18.2 Å². The SMILES string of the molecule is CN(C(=O)O)c1cccc(Nc2ncnc(N(Cc3ccccc3)Cc3ccccc3)c2N)c1. The van der Waals surface area contributed by atoms with Crippen LogP contribution in [-0.4, -0.2) is 28.2 Å². The second-order valence-electron chi connectivity index (χ2n) is 7.80. The monoisotopic (exact) mass is 454 g/mol. The Morgan fingerprint density at radius 2 is 1.53 bits per heavy atom. The molecule has 4 N–H and O–H groups in total. The number of amides is 1. The second-order valence-corrected chi connectivity index (χ2v) is 7.80. The molecule has 0 saturated heterocycles. The second kappa shape index (κ2) is 10.4. The zero-order chi connectivity index (χ0) is 23.9. The lowest BCUT2D eigenvalue weighted by Gasteiger charge is -2.26. The van der Waals surface area contributed by atoms with Crippen molar-refractivity contribution in [1.29, 1.82) is 0 Å². The van der Waals surface area contributed by atoms with Crippen molar-refractivity contribution in [3.8, 4) is 0 Å². The minimum absolute atomic E-state index is 0.409. The van der Waals surface area contributed by atoms with Gasteiger partial charge < -0.3 is 21.1 Å². The Bertz CT molecular complexity index is 1210. The van der Waals surface area contributed by atoms with E-state index in [0.29, 0.717) is 41.8 Å². The summed E-state index contributed by atoms with van der Waals surface area (Å²) in [6.45, 7) is 1.24. The highest BCUT2D eigenvalue weighted by Gasteiger charge is 2.17. The Kier molecular flexibility index (Phi) is 6.88. The maximum absolute atomic E-state index is 11.3. The van der Waals surface area contributed by atoms with E-state index < -0.39 is 6.09 Å². The van der Waals surface area contributed by atoms with Gasteiger partial charge in [0.2, 0.25) is 0 Å². The smallest absolute Gasteiger partial charge is 0.411 e. The van der Waals surface area contributed by atoms with E-state index in [1.807, 2.05) is 42.5 Å². The van der Waals surface area contributed by atoms with E-state index in [2.05, 4.69) is 44.5 Å². The summed E-state index contributed by atoms with van der Waals surface area (Å²) < 4.78 is 0. The molecule has 8 nitrogen and oxygen atoms in total. The molecule has 0 fully saturated rings. The molecule has 0 radical (unpaired) electrons. The van der Waals surface area contributed by atoms with Gasteiger partial charge in [0.1, 0.15) is 12.0 Å². The molecule has 0 saturated carbocycles. The number of anilines is 5. The summed E-state index contributed by atoms with van der Waals surface area (Å²) in [5.41, 5.74) is 10.4. The fraction of sp³-hybridized carbons (Fsp3) is 0.115. The molecular weight excluding hydrogens is 428 g/mol. The van der Waals surface area contributed by atoms with Crippen LogP contribution in [-0.2, 0) is 13.1 Å². The number of carbonyl (C=O) groups is 1. The highest BCUT2D eigenvalue weighted by Crippen LogP contribution is 2.31. The van der Waals surface area contributed by atoms with Crippen LogP contribution in [0.15, 0.2) is 91.3 Å². The fourth-order valence-electron chi connectivity index (χ4n) is 3.59. The number of rotatable bonds is 8. The number of hydrogen-bond donors (Lipinski definition) is 3. The molecule has 4 aromatic rings. The van der Waals surface area contributed by atoms with Gasteiger partial charge in [-0.2, -0.15) is 0 Å². The van der Waals surface area contributed by atoms with Crippen LogP contribution in [0, 0.1) is 0 Å². The summed E-state index contributed by atoms with van der Waals surface area (Å²) in [7, 11) is 1.49. The van der Waals surface area contributed by atoms with Crippen molar-refractivity contribution in [3.05, 3.63) is 102 Å². The molecule has 0 aliphatic rings. The summed E-state index contributed by atoms with van der Waals surface area (Å²) in [5, 5.41) is 12.5. The number of nitrogens with zero attached hydrogens (tertiary/aromatic N) is 4. The molecule has 4 rings (SSSR count).